The van der Waals surface area contributed by atoms with E-state index in [0.29, 0.717) is 29.1 Å². The van der Waals surface area contributed by atoms with E-state index in [1.54, 1.807) is 42.5 Å². The molecule has 2 fully saturated rings. The standard InChI is InChI=1S/C25H24ClNO5/c26-19-9-10-21(20(13-19)24(30)15-5-2-1-3-6-15)27-22(28)14-32-25(31)18-11-16-7-4-8-17(12-18)23(16)29/h1-3,5-6,9-10,13,16-18H,4,7-8,11-12,14H2,(H,27,28). The Morgan fingerprint density at radius 1 is 1.00 bits per heavy atom. The van der Waals surface area contributed by atoms with E-state index in [-0.39, 0.29) is 34.9 Å². The van der Waals surface area contributed by atoms with Crippen molar-refractivity contribution in [1.82, 2.24) is 0 Å². The number of hydrogen-bond donors (Lipinski definition) is 1. The van der Waals surface area contributed by atoms with Crippen molar-refractivity contribution in [3.63, 3.8) is 0 Å². The van der Waals surface area contributed by atoms with Gasteiger partial charge in [-0.1, -0.05) is 48.4 Å². The number of carbonyl (C=O) groups is 4. The van der Waals surface area contributed by atoms with Crippen LogP contribution in [-0.4, -0.2) is 30.0 Å². The lowest BCUT2D eigenvalue weighted by molar-refractivity contribution is -0.155. The normalized spacial score (nSPS) is 22.2. The largest absolute Gasteiger partial charge is 0.455 e. The van der Waals surface area contributed by atoms with Gasteiger partial charge in [0.2, 0.25) is 0 Å². The lowest BCUT2D eigenvalue weighted by atomic mass is 9.67. The highest BCUT2D eigenvalue weighted by molar-refractivity contribution is 6.31. The van der Waals surface area contributed by atoms with Gasteiger partial charge in [0.1, 0.15) is 5.78 Å². The van der Waals surface area contributed by atoms with Crippen LogP contribution in [0.1, 0.15) is 48.0 Å². The van der Waals surface area contributed by atoms with E-state index in [4.69, 9.17) is 16.3 Å². The van der Waals surface area contributed by atoms with Gasteiger partial charge in [0.25, 0.3) is 5.91 Å². The molecule has 0 radical (unpaired) electrons. The molecule has 32 heavy (non-hydrogen) atoms. The van der Waals surface area contributed by atoms with Gasteiger partial charge in [-0.3, -0.25) is 19.2 Å². The van der Waals surface area contributed by atoms with Crippen molar-refractivity contribution in [3.8, 4) is 0 Å². The predicted molar refractivity (Wildman–Crippen MR) is 119 cm³/mol. The van der Waals surface area contributed by atoms with E-state index in [9.17, 15) is 19.2 Å². The first-order valence-electron chi connectivity index (χ1n) is 10.8. The first-order valence-corrected chi connectivity index (χ1v) is 11.2. The van der Waals surface area contributed by atoms with Gasteiger partial charge in [-0.25, -0.2) is 0 Å². The summed E-state index contributed by atoms with van der Waals surface area (Å²) in [5, 5.41) is 3.01. The van der Waals surface area contributed by atoms with Gasteiger partial charge < -0.3 is 10.1 Å². The maximum Gasteiger partial charge on any atom is 0.309 e. The van der Waals surface area contributed by atoms with Crippen molar-refractivity contribution in [1.29, 1.82) is 0 Å². The number of ketones is 2. The number of fused-ring (bicyclic) bond motifs is 2. The minimum absolute atomic E-state index is 0.0606. The number of esters is 1. The minimum atomic E-state index is -0.546. The lowest BCUT2D eigenvalue weighted by Gasteiger charge is -2.36. The fraction of sp³-hybridized carbons (Fsp3) is 0.360. The van der Waals surface area contributed by atoms with Crippen LogP contribution in [0.5, 0.6) is 0 Å². The van der Waals surface area contributed by atoms with Crippen LogP contribution in [0, 0.1) is 17.8 Å². The maximum absolute atomic E-state index is 12.9. The molecular formula is C25H24ClNO5. The second kappa shape index (κ2) is 9.65. The van der Waals surface area contributed by atoms with Crippen molar-refractivity contribution in [3.05, 3.63) is 64.7 Å². The first-order chi connectivity index (χ1) is 15.4. The summed E-state index contributed by atoms with van der Waals surface area (Å²) in [6.07, 6.45) is 3.69. The summed E-state index contributed by atoms with van der Waals surface area (Å²) in [6.45, 7) is -0.458. The number of hydrogen-bond acceptors (Lipinski definition) is 5. The van der Waals surface area contributed by atoms with Crippen molar-refractivity contribution in [2.45, 2.75) is 32.1 Å². The SMILES string of the molecule is O=C(COC(=O)C1CC2CCCC(C1)C2=O)Nc1ccc(Cl)cc1C(=O)c1ccccc1. The Balaban J connectivity index is 1.38. The highest BCUT2D eigenvalue weighted by Crippen LogP contribution is 2.40. The number of amides is 1. The van der Waals surface area contributed by atoms with Crippen LogP contribution in [0.3, 0.4) is 0 Å². The zero-order chi connectivity index (χ0) is 22.7. The molecule has 4 rings (SSSR count). The second-order valence-corrected chi connectivity index (χ2v) is 8.87. The molecule has 2 unspecified atom stereocenters. The molecule has 0 saturated heterocycles. The summed E-state index contributed by atoms with van der Waals surface area (Å²) in [4.78, 5) is 50.0. The molecule has 166 valence electrons. The summed E-state index contributed by atoms with van der Waals surface area (Å²) in [5.41, 5.74) is 1.01. The summed E-state index contributed by atoms with van der Waals surface area (Å²) in [7, 11) is 0. The number of ether oxygens (including phenoxy) is 1. The van der Waals surface area contributed by atoms with Crippen LogP contribution in [0.4, 0.5) is 5.69 Å². The quantitative estimate of drug-likeness (QED) is 0.515. The van der Waals surface area contributed by atoms with Crippen LogP contribution < -0.4 is 5.32 Å². The van der Waals surface area contributed by atoms with Crippen molar-refractivity contribution < 1.29 is 23.9 Å². The third kappa shape index (κ3) is 4.91. The van der Waals surface area contributed by atoms with E-state index in [0.717, 1.165) is 19.3 Å². The summed E-state index contributed by atoms with van der Waals surface area (Å²) < 4.78 is 5.25. The Labute approximate surface area is 191 Å². The van der Waals surface area contributed by atoms with E-state index in [1.165, 1.54) is 6.07 Å². The van der Waals surface area contributed by atoms with Crippen LogP contribution in [0.2, 0.25) is 5.02 Å². The molecule has 2 aliphatic carbocycles. The zero-order valence-corrected chi connectivity index (χ0v) is 18.3. The van der Waals surface area contributed by atoms with Gasteiger partial charge in [0, 0.05) is 28.0 Å². The molecular weight excluding hydrogens is 430 g/mol. The van der Waals surface area contributed by atoms with E-state index in [2.05, 4.69) is 5.32 Å². The number of nitrogens with one attached hydrogen (secondary N) is 1. The van der Waals surface area contributed by atoms with Crippen LogP contribution in [0.25, 0.3) is 0 Å². The lowest BCUT2D eigenvalue weighted by Crippen LogP contribution is -2.40. The molecule has 2 atom stereocenters. The maximum atomic E-state index is 12.9. The molecule has 7 heteroatoms. The average Bonchev–Trinajstić information content (AvgIpc) is 2.78. The first kappa shape index (κ1) is 22.2. The van der Waals surface area contributed by atoms with E-state index in [1.807, 2.05) is 0 Å². The molecule has 0 aromatic heterocycles. The molecule has 2 aromatic rings. The summed E-state index contributed by atoms with van der Waals surface area (Å²) >= 11 is 6.07. The van der Waals surface area contributed by atoms with E-state index < -0.39 is 18.5 Å². The number of carbonyl (C=O) groups excluding carboxylic acids is 4. The molecule has 2 saturated carbocycles. The number of rotatable bonds is 6. The monoisotopic (exact) mass is 453 g/mol. The number of halogens is 1. The molecule has 1 amide bonds. The summed E-state index contributed by atoms with van der Waals surface area (Å²) in [6, 6.07) is 13.3. The topological polar surface area (TPSA) is 89.5 Å². The Bertz CT molecular complexity index is 1040. The van der Waals surface area contributed by atoms with Crippen LogP contribution >= 0.6 is 11.6 Å². The molecule has 2 aliphatic rings. The zero-order valence-electron chi connectivity index (χ0n) is 17.5. The molecule has 6 nitrogen and oxygen atoms in total. The number of Topliss-reactive ketones (excluding diaryl/α,β-unsaturated/α-hetero) is 1. The number of benzene rings is 2. The Hall–Kier alpha value is -2.99. The van der Waals surface area contributed by atoms with Gasteiger partial charge in [0.15, 0.2) is 12.4 Å². The Morgan fingerprint density at radius 3 is 2.38 bits per heavy atom. The van der Waals surface area contributed by atoms with Gasteiger partial charge in [-0.2, -0.15) is 0 Å². The third-order valence-electron chi connectivity index (χ3n) is 6.26. The highest BCUT2D eigenvalue weighted by atomic mass is 35.5. The van der Waals surface area contributed by atoms with Crippen LogP contribution in [0.15, 0.2) is 48.5 Å². The van der Waals surface area contributed by atoms with Gasteiger partial charge in [-0.15, -0.1) is 0 Å². The fourth-order valence-electron chi connectivity index (χ4n) is 4.67. The van der Waals surface area contributed by atoms with Gasteiger partial charge >= 0.3 is 5.97 Å². The fourth-order valence-corrected chi connectivity index (χ4v) is 4.84. The van der Waals surface area contributed by atoms with Gasteiger partial charge in [0.05, 0.1) is 11.6 Å². The smallest absolute Gasteiger partial charge is 0.309 e. The minimum Gasteiger partial charge on any atom is -0.455 e. The van der Waals surface area contributed by atoms with Crippen LogP contribution in [-0.2, 0) is 19.1 Å². The average molecular weight is 454 g/mol. The van der Waals surface area contributed by atoms with Crippen molar-refractivity contribution in [2.75, 3.05) is 11.9 Å². The third-order valence-corrected chi connectivity index (χ3v) is 6.50. The van der Waals surface area contributed by atoms with Crippen molar-refractivity contribution in [2.24, 2.45) is 17.8 Å². The Morgan fingerprint density at radius 2 is 1.69 bits per heavy atom. The molecule has 0 aliphatic heterocycles. The van der Waals surface area contributed by atoms with Gasteiger partial charge in [-0.05, 0) is 43.9 Å². The molecule has 1 N–H and O–H groups in total. The highest BCUT2D eigenvalue weighted by Gasteiger charge is 2.41. The molecule has 2 bridgehead atoms. The summed E-state index contributed by atoms with van der Waals surface area (Å²) in [5.74, 6) is -1.46. The molecule has 2 aromatic carbocycles. The number of anilines is 1. The Kier molecular flexibility index (Phi) is 6.70. The molecule has 0 heterocycles. The predicted octanol–water partition coefficient (Wildman–Crippen LogP) is 4.45. The van der Waals surface area contributed by atoms with Crippen molar-refractivity contribution >= 4 is 40.7 Å². The van der Waals surface area contributed by atoms with E-state index >= 15 is 0 Å². The molecule has 0 spiro atoms. The second-order valence-electron chi connectivity index (χ2n) is 8.44.